The Kier molecular flexibility index (Phi) is 3.69. The number of aliphatic hydroxyl groups excluding tert-OH is 1. The molecule has 2 aromatic rings. The molecular formula is C16H20N2O3. The van der Waals surface area contributed by atoms with Gasteiger partial charge in [0.15, 0.2) is 0 Å². The van der Waals surface area contributed by atoms with E-state index in [1.807, 2.05) is 42.1 Å². The van der Waals surface area contributed by atoms with Crippen molar-refractivity contribution in [3.8, 4) is 0 Å². The van der Waals surface area contributed by atoms with E-state index in [0.717, 1.165) is 17.3 Å². The minimum absolute atomic E-state index is 0.0409. The molecule has 21 heavy (non-hydrogen) atoms. The van der Waals surface area contributed by atoms with Gasteiger partial charge in [-0.1, -0.05) is 18.2 Å². The number of benzene rings is 1. The van der Waals surface area contributed by atoms with Crippen LogP contribution in [0.25, 0.3) is 10.9 Å². The lowest BCUT2D eigenvalue weighted by atomic mass is 9.94. The number of aryl methyl sites for hydroxylation is 1. The van der Waals surface area contributed by atoms with E-state index in [9.17, 15) is 9.90 Å². The number of nitrogens with zero attached hydrogens (tertiary/aromatic N) is 1. The Hall–Kier alpha value is -1.85. The number of nitrogens with one attached hydrogen (secondary N) is 1. The number of rotatable bonds is 4. The molecule has 1 atom stereocenters. The molecule has 2 N–H and O–H groups in total. The van der Waals surface area contributed by atoms with Crippen LogP contribution in [0.2, 0.25) is 0 Å². The predicted molar refractivity (Wildman–Crippen MR) is 80.3 cm³/mol. The summed E-state index contributed by atoms with van der Waals surface area (Å²) >= 11 is 0. The summed E-state index contributed by atoms with van der Waals surface area (Å²) < 4.78 is 7.36. The summed E-state index contributed by atoms with van der Waals surface area (Å²) in [5.74, 6) is -0.106. The van der Waals surface area contributed by atoms with Gasteiger partial charge in [-0.15, -0.1) is 0 Å². The first kappa shape index (κ1) is 14.1. The van der Waals surface area contributed by atoms with Crippen LogP contribution >= 0.6 is 0 Å². The van der Waals surface area contributed by atoms with Crippen LogP contribution in [-0.2, 0) is 11.8 Å². The van der Waals surface area contributed by atoms with E-state index in [0.29, 0.717) is 25.2 Å². The highest BCUT2D eigenvalue weighted by atomic mass is 16.5. The van der Waals surface area contributed by atoms with Gasteiger partial charge < -0.3 is 19.7 Å². The van der Waals surface area contributed by atoms with Crippen molar-refractivity contribution in [2.75, 3.05) is 19.8 Å². The van der Waals surface area contributed by atoms with E-state index in [2.05, 4.69) is 5.32 Å². The Balaban J connectivity index is 1.90. The van der Waals surface area contributed by atoms with E-state index < -0.39 is 5.54 Å². The molecule has 5 nitrogen and oxygen atoms in total. The summed E-state index contributed by atoms with van der Waals surface area (Å²) in [5, 5.41) is 13.3. The summed E-state index contributed by atoms with van der Waals surface area (Å²) in [6.45, 7) is 1.12. The number of carbonyl (C=O) groups excluding carboxylic acids is 1. The Bertz CT molecular complexity index is 657. The number of aliphatic hydroxyl groups is 1. The molecule has 0 radical (unpaired) electrons. The van der Waals surface area contributed by atoms with E-state index in [-0.39, 0.29) is 12.5 Å². The van der Waals surface area contributed by atoms with Crippen LogP contribution in [0.3, 0.4) is 0 Å². The molecule has 0 saturated carbocycles. The standard InChI is InChI=1S/C16H20N2O3/c1-18-10-13(12-4-2-3-5-14(12)18)15(20)17-16(6-8-19)7-9-21-11-16/h2-5,10,19H,6-9,11H2,1H3,(H,17,20). The molecule has 1 aromatic heterocycles. The number of ether oxygens (including phenoxy) is 1. The van der Waals surface area contributed by atoms with E-state index in [1.165, 1.54) is 0 Å². The van der Waals surface area contributed by atoms with Crippen molar-refractivity contribution < 1.29 is 14.6 Å². The average Bonchev–Trinajstić information content (AvgIpc) is 3.05. The molecule has 0 spiro atoms. The van der Waals surface area contributed by atoms with Gasteiger partial charge in [-0.25, -0.2) is 0 Å². The first-order chi connectivity index (χ1) is 10.2. The summed E-state index contributed by atoms with van der Waals surface area (Å²) in [5.41, 5.74) is 1.25. The third-order valence-corrected chi connectivity index (χ3v) is 4.21. The molecule has 112 valence electrons. The van der Waals surface area contributed by atoms with Gasteiger partial charge in [-0.05, 0) is 18.9 Å². The third-order valence-electron chi connectivity index (χ3n) is 4.21. The number of hydrogen-bond acceptors (Lipinski definition) is 3. The van der Waals surface area contributed by atoms with Crippen molar-refractivity contribution in [3.63, 3.8) is 0 Å². The fraction of sp³-hybridized carbons (Fsp3) is 0.438. The zero-order valence-electron chi connectivity index (χ0n) is 12.1. The monoisotopic (exact) mass is 288 g/mol. The van der Waals surface area contributed by atoms with Crippen LogP contribution < -0.4 is 5.32 Å². The van der Waals surface area contributed by atoms with Gasteiger partial charge in [-0.2, -0.15) is 0 Å². The van der Waals surface area contributed by atoms with Crippen LogP contribution in [0, 0.1) is 0 Å². The quantitative estimate of drug-likeness (QED) is 0.895. The number of aromatic nitrogens is 1. The molecule has 1 aliphatic rings. The minimum atomic E-state index is -0.442. The number of amides is 1. The van der Waals surface area contributed by atoms with Crippen LogP contribution in [0.5, 0.6) is 0 Å². The first-order valence-corrected chi connectivity index (χ1v) is 7.20. The Morgan fingerprint density at radius 2 is 2.29 bits per heavy atom. The SMILES string of the molecule is Cn1cc(C(=O)NC2(CCO)CCOC2)c2ccccc21. The average molecular weight is 288 g/mol. The second kappa shape index (κ2) is 5.50. The molecule has 1 saturated heterocycles. The van der Waals surface area contributed by atoms with Crippen molar-refractivity contribution in [2.24, 2.45) is 7.05 Å². The summed E-state index contributed by atoms with van der Waals surface area (Å²) in [6, 6.07) is 7.84. The van der Waals surface area contributed by atoms with Crippen molar-refractivity contribution >= 4 is 16.8 Å². The molecule has 1 aliphatic heterocycles. The molecule has 3 rings (SSSR count). The summed E-state index contributed by atoms with van der Waals surface area (Å²) in [7, 11) is 1.93. The Morgan fingerprint density at radius 3 is 3.00 bits per heavy atom. The van der Waals surface area contributed by atoms with Gasteiger partial charge in [0, 0.05) is 37.4 Å². The minimum Gasteiger partial charge on any atom is -0.396 e. The van der Waals surface area contributed by atoms with E-state index >= 15 is 0 Å². The van der Waals surface area contributed by atoms with Crippen molar-refractivity contribution in [1.29, 1.82) is 0 Å². The summed E-state index contributed by atoms with van der Waals surface area (Å²) in [4.78, 5) is 12.6. The normalized spacial score (nSPS) is 21.8. The third kappa shape index (κ3) is 2.54. The maximum Gasteiger partial charge on any atom is 0.253 e. The number of hydrogen-bond donors (Lipinski definition) is 2. The van der Waals surface area contributed by atoms with Gasteiger partial charge in [0.1, 0.15) is 0 Å². The van der Waals surface area contributed by atoms with Gasteiger partial charge in [0.2, 0.25) is 0 Å². The molecule has 2 heterocycles. The topological polar surface area (TPSA) is 63.5 Å². The molecule has 1 amide bonds. The molecule has 0 aliphatic carbocycles. The maximum absolute atomic E-state index is 12.6. The van der Waals surface area contributed by atoms with Crippen molar-refractivity contribution in [1.82, 2.24) is 9.88 Å². The van der Waals surface area contributed by atoms with Gasteiger partial charge in [-0.3, -0.25) is 4.79 Å². The molecule has 1 unspecified atom stereocenters. The first-order valence-electron chi connectivity index (χ1n) is 7.20. The second-order valence-electron chi connectivity index (χ2n) is 5.68. The summed E-state index contributed by atoms with van der Waals surface area (Å²) in [6.07, 6.45) is 3.11. The molecule has 1 aromatic carbocycles. The highest BCUT2D eigenvalue weighted by molar-refractivity contribution is 6.07. The smallest absolute Gasteiger partial charge is 0.253 e. The van der Waals surface area contributed by atoms with E-state index in [4.69, 9.17) is 4.74 Å². The lowest BCUT2D eigenvalue weighted by molar-refractivity contribution is 0.0852. The van der Waals surface area contributed by atoms with E-state index in [1.54, 1.807) is 0 Å². The molecule has 0 bridgehead atoms. The number of carbonyl (C=O) groups is 1. The number of para-hydroxylation sites is 1. The van der Waals surface area contributed by atoms with Crippen LogP contribution in [-0.4, -0.2) is 40.9 Å². The number of fused-ring (bicyclic) bond motifs is 1. The van der Waals surface area contributed by atoms with Crippen molar-refractivity contribution in [3.05, 3.63) is 36.0 Å². The highest BCUT2D eigenvalue weighted by Gasteiger charge is 2.36. The Morgan fingerprint density at radius 1 is 1.48 bits per heavy atom. The predicted octanol–water partition coefficient (Wildman–Crippen LogP) is 1.45. The lowest BCUT2D eigenvalue weighted by Gasteiger charge is -2.27. The molecular weight excluding hydrogens is 268 g/mol. The van der Waals surface area contributed by atoms with Crippen LogP contribution in [0.1, 0.15) is 23.2 Å². The maximum atomic E-state index is 12.6. The Labute approximate surface area is 123 Å². The zero-order chi connectivity index (χ0) is 14.9. The fourth-order valence-corrected chi connectivity index (χ4v) is 3.01. The molecule has 1 fully saturated rings. The largest absolute Gasteiger partial charge is 0.396 e. The van der Waals surface area contributed by atoms with Gasteiger partial charge in [0.25, 0.3) is 5.91 Å². The zero-order valence-corrected chi connectivity index (χ0v) is 12.1. The lowest BCUT2D eigenvalue weighted by Crippen LogP contribution is -2.49. The van der Waals surface area contributed by atoms with Crippen molar-refractivity contribution in [2.45, 2.75) is 18.4 Å². The van der Waals surface area contributed by atoms with Gasteiger partial charge >= 0.3 is 0 Å². The van der Waals surface area contributed by atoms with Crippen LogP contribution in [0.4, 0.5) is 0 Å². The van der Waals surface area contributed by atoms with Crippen LogP contribution in [0.15, 0.2) is 30.5 Å². The molecule has 5 heteroatoms. The fourth-order valence-electron chi connectivity index (χ4n) is 3.01. The highest BCUT2D eigenvalue weighted by Crippen LogP contribution is 2.25. The second-order valence-corrected chi connectivity index (χ2v) is 5.68. The van der Waals surface area contributed by atoms with Gasteiger partial charge in [0.05, 0.1) is 17.7 Å².